The zero-order chi connectivity index (χ0) is 11.5. The Morgan fingerprint density at radius 1 is 1.81 bits per heavy atom. The van der Waals surface area contributed by atoms with E-state index >= 15 is 0 Å². The van der Waals surface area contributed by atoms with E-state index in [-0.39, 0.29) is 11.9 Å². The van der Waals surface area contributed by atoms with Crippen LogP contribution in [-0.4, -0.2) is 34.9 Å². The zero-order valence-corrected chi connectivity index (χ0v) is 9.06. The molecule has 0 aromatic carbocycles. The van der Waals surface area contributed by atoms with Gasteiger partial charge in [-0.15, -0.1) is 0 Å². The number of amides is 1. The van der Waals surface area contributed by atoms with E-state index in [4.69, 9.17) is 4.52 Å². The van der Waals surface area contributed by atoms with Gasteiger partial charge in [-0.3, -0.25) is 4.79 Å². The van der Waals surface area contributed by atoms with Gasteiger partial charge in [0.25, 0.3) is 0 Å². The molecule has 1 saturated heterocycles. The predicted octanol–water partition coefficient (Wildman–Crippen LogP) is -0.678. The highest BCUT2D eigenvalue weighted by molar-refractivity contribution is 5.82. The Morgan fingerprint density at radius 2 is 2.62 bits per heavy atom. The number of aryl methyl sites for hydroxylation is 1. The molecule has 6 nitrogen and oxygen atoms in total. The Hall–Kier alpha value is -1.40. The number of aromatic nitrogens is 1. The molecular weight excluding hydrogens is 210 g/mol. The van der Waals surface area contributed by atoms with E-state index in [0.717, 1.165) is 5.69 Å². The summed E-state index contributed by atoms with van der Waals surface area (Å²) in [5.41, 5.74) is 0.790. The van der Waals surface area contributed by atoms with Crippen LogP contribution in [0.5, 0.6) is 0 Å². The molecule has 2 atom stereocenters. The van der Waals surface area contributed by atoms with Gasteiger partial charge in [0.2, 0.25) is 5.91 Å². The van der Waals surface area contributed by atoms with Crippen molar-refractivity contribution in [3.63, 3.8) is 0 Å². The fourth-order valence-electron chi connectivity index (χ4n) is 1.71. The SMILES string of the molecule is Cc1cc(CNC(=O)C2CC(O)CN2)on1. The molecule has 1 aromatic rings. The quantitative estimate of drug-likeness (QED) is 0.634. The lowest BCUT2D eigenvalue weighted by molar-refractivity contribution is -0.123. The molecule has 16 heavy (non-hydrogen) atoms. The number of rotatable bonds is 3. The van der Waals surface area contributed by atoms with E-state index in [1.807, 2.05) is 6.92 Å². The molecule has 0 spiro atoms. The molecule has 1 aliphatic heterocycles. The average Bonchev–Trinajstić information content (AvgIpc) is 2.84. The Balaban J connectivity index is 1.80. The van der Waals surface area contributed by atoms with Gasteiger partial charge in [0.05, 0.1) is 24.4 Å². The van der Waals surface area contributed by atoms with Crippen LogP contribution in [0.3, 0.4) is 0 Å². The van der Waals surface area contributed by atoms with Crippen molar-refractivity contribution in [2.75, 3.05) is 6.54 Å². The molecule has 2 unspecified atom stereocenters. The van der Waals surface area contributed by atoms with Crippen molar-refractivity contribution in [2.24, 2.45) is 0 Å². The summed E-state index contributed by atoms with van der Waals surface area (Å²) < 4.78 is 4.96. The van der Waals surface area contributed by atoms with Crippen LogP contribution >= 0.6 is 0 Å². The van der Waals surface area contributed by atoms with Crippen LogP contribution in [0.1, 0.15) is 17.9 Å². The first-order valence-corrected chi connectivity index (χ1v) is 5.26. The molecule has 3 N–H and O–H groups in total. The first-order chi connectivity index (χ1) is 7.65. The van der Waals surface area contributed by atoms with Crippen LogP contribution in [-0.2, 0) is 11.3 Å². The number of nitrogens with one attached hydrogen (secondary N) is 2. The average molecular weight is 225 g/mol. The highest BCUT2D eigenvalue weighted by atomic mass is 16.5. The van der Waals surface area contributed by atoms with Crippen LogP contribution in [0, 0.1) is 6.92 Å². The molecule has 6 heteroatoms. The number of aliphatic hydroxyl groups is 1. The third kappa shape index (κ3) is 2.59. The summed E-state index contributed by atoms with van der Waals surface area (Å²) >= 11 is 0. The second kappa shape index (κ2) is 4.63. The second-order valence-electron chi connectivity index (χ2n) is 4.00. The molecule has 1 fully saturated rings. The van der Waals surface area contributed by atoms with Crippen molar-refractivity contribution < 1.29 is 14.4 Å². The van der Waals surface area contributed by atoms with Gasteiger partial charge in [-0.25, -0.2) is 0 Å². The van der Waals surface area contributed by atoms with Crippen LogP contribution in [0.25, 0.3) is 0 Å². The van der Waals surface area contributed by atoms with Crippen LogP contribution < -0.4 is 10.6 Å². The van der Waals surface area contributed by atoms with Crippen molar-refractivity contribution in [3.05, 3.63) is 17.5 Å². The molecule has 0 aliphatic carbocycles. The Labute approximate surface area is 93.0 Å². The van der Waals surface area contributed by atoms with E-state index in [1.54, 1.807) is 6.07 Å². The minimum Gasteiger partial charge on any atom is -0.392 e. The lowest BCUT2D eigenvalue weighted by atomic mass is 10.2. The van der Waals surface area contributed by atoms with E-state index in [1.165, 1.54) is 0 Å². The maximum absolute atomic E-state index is 11.6. The van der Waals surface area contributed by atoms with Gasteiger partial charge < -0.3 is 20.3 Å². The molecule has 0 radical (unpaired) electrons. The van der Waals surface area contributed by atoms with Crippen LogP contribution in [0.15, 0.2) is 10.6 Å². The van der Waals surface area contributed by atoms with Gasteiger partial charge in [-0.05, 0) is 13.3 Å². The molecule has 1 amide bonds. The van der Waals surface area contributed by atoms with Gasteiger partial charge in [-0.1, -0.05) is 5.16 Å². The summed E-state index contributed by atoms with van der Waals surface area (Å²) in [4.78, 5) is 11.6. The summed E-state index contributed by atoms with van der Waals surface area (Å²) in [6.07, 6.45) is 0.0321. The van der Waals surface area contributed by atoms with Crippen molar-refractivity contribution in [1.82, 2.24) is 15.8 Å². The highest BCUT2D eigenvalue weighted by Gasteiger charge is 2.27. The number of aliphatic hydroxyl groups excluding tert-OH is 1. The van der Waals surface area contributed by atoms with E-state index < -0.39 is 6.10 Å². The number of β-amino-alcohol motifs (C(OH)–C–C–N with tert-alkyl or cyclic N) is 1. The summed E-state index contributed by atoms with van der Waals surface area (Å²) in [5, 5.41) is 18.7. The molecule has 0 bridgehead atoms. The van der Waals surface area contributed by atoms with Gasteiger partial charge in [0, 0.05) is 12.6 Å². The third-order valence-electron chi connectivity index (χ3n) is 2.54. The summed E-state index contributed by atoms with van der Waals surface area (Å²) in [6.45, 7) is 2.62. The van der Waals surface area contributed by atoms with Crippen molar-refractivity contribution in [3.8, 4) is 0 Å². The van der Waals surface area contributed by atoms with Gasteiger partial charge in [0.15, 0.2) is 5.76 Å². The lowest BCUT2D eigenvalue weighted by Gasteiger charge is -2.09. The molecule has 1 aliphatic rings. The number of carbonyl (C=O) groups excluding carboxylic acids is 1. The Kier molecular flexibility index (Phi) is 3.21. The molecule has 1 aromatic heterocycles. The minimum atomic E-state index is -0.428. The van der Waals surface area contributed by atoms with Crippen molar-refractivity contribution in [2.45, 2.75) is 32.0 Å². The van der Waals surface area contributed by atoms with Crippen LogP contribution in [0.2, 0.25) is 0 Å². The van der Waals surface area contributed by atoms with Crippen molar-refractivity contribution >= 4 is 5.91 Å². The Bertz CT molecular complexity index is 377. The normalized spacial score (nSPS) is 24.6. The first kappa shape index (κ1) is 11.1. The maximum atomic E-state index is 11.6. The molecule has 2 rings (SSSR count). The summed E-state index contributed by atoms with van der Waals surface area (Å²) in [6, 6.07) is 1.47. The fraction of sp³-hybridized carbons (Fsp3) is 0.600. The second-order valence-corrected chi connectivity index (χ2v) is 4.00. The topological polar surface area (TPSA) is 87.4 Å². The minimum absolute atomic E-state index is 0.120. The van der Waals surface area contributed by atoms with E-state index in [2.05, 4.69) is 15.8 Å². The summed E-state index contributed by atoms with van der Waals surface area (Å²) in [7, 11) is 0. The standard InChI is InChI=1S/C10H15N3O3/c1-6-2-8(16-13-6)5-12-10(15)9-3-7(14)4-11-9/h2,7,9,11,14H,3-5H2,1H3,(H,12,15). The zero-order valence-electron chi connectivity index (χ0n) is 9.06. The van der Waals surface area contributed by atoms with Gasteiger partial charge in [-0.2, -0.15) is 0 Å². The summed E-state index contributed by atoms with van der Waals surface area (Å²) in [5.74, 6) is 0.509. The predicted molar refractivity (Wildman–Crippen MR) is 55.5 cm³/mol. The Morgan fingerprint density at radius 3 is 3.19 bits per heavy atom. The third-order valence-corrected chi connectivity index (χ3v) is 2.54. The molecule has 2 heterocycles. The van der Waals surface area contributed by atoms with Crippen molar-refractivity contribution in [1.29, 1.82) is 0 Å². The number of carbonyl (C=O) groups is 1. The molecular formula is C10H15N3O3. The number of hydrogen-bond donors (Lipinski definition) is 3. The number of hydrogen-bond acceptors (Lipinski definition) is 5. The fourth-order valence-corrected chi connectivity index (χ4v) is 1.71. The molecule has 88 valence electrons. The van der Waals surface area contributed by atoms with Gasteiger partial charge in [0.1, 0.15) is 0 Å². The largest absolute Gasteiger partial charge is 0.392 e. The van der Waals surface area contributed by atoms with Crippen LogP contribution in [0.4, 0.5) is 0 Å². The van der Waals surface area contributed by atoms with Gasteiger partial charge >= 0.3 is 0 Å². The first-order valence-electron chi connectivity index (χ1n) is 5.26. The highest BCUT2D eigenvalue weighted by Crippen LogP contribution is 2.07. The van der Waals surface area contributed by atoms with E-state index in [9.17, 15) is 9.90 Å². The van der Waals surface area contributed by atoms with E-state index in [0.29, 0.717) is 25.3 Å². The maximum Gasteiger partial charge on any atom is 0.237 e. The monoisotopic (exact) mass is 225 g/mol. The number of nitrogens with zero attached hydrogens (tertiary/aromatic N) is 1. The smallest absolute Gasteiger partial charge is 0.237 e. The molecule has 0 saturated carbocycles. The lowest BCUT2D eigenvalue weighted by Crippen LogP contribution is -2.39.